The summed E-state index contributed by atoms with van der Waals surface area (Å²) < 4.78 is 11.3. The first-order valence-electron chi connectivity index (χ1n) is 10.7. The molecule has 178 valence electrons. The smallest absolute Gasteiger partial charge is 0.343 e. The van der Waals surface area contributed by atoms with Crippen LogP contribution in [0.5, 0.6) is 23.0 Å². The second-order valence-electron chi connectivity index (χ2n) is 7.92. The number of phenolic OH excluding ortho intramolecular Hbond substituents is 2. The van der Waals surface area contributed by atoms with Crippen molar-refractivity contribution in [2.75, 3.05) is 0 Å². The number of carbonyl (C=O) groups is 2. The number of phenols is 2. The van der Waals surface area contributed by atoms with Gasteiger partial charge in [0.25, 0.3) is 0 Å². The lowest BCUT2D eigenvalue weighted by Gasteiger charge is -2.12. The van der Waals surface area contributed by atoms with Crippen LogP contribution in [0.1, 0.15) is 20.7 Å². The predicted molar refractivity (Wildman–Crippen MR) is 138 cm³/mol. The van der Waals surface area contributed by atoms with Crippen LogP contribution in [0.25, 0.3) is 21.5 Å². The molecule has 0 radical (unpaired) electrons. The van der Waals surface area contributed by atoms with Gasteiger partial charge in [0.05, 0.1) is 21.2 Å². The predicted octanol–water partition coefficient (Wildman–Crippen LogP) is 7.15. The number of hydrogen-bond donors (Lipinski definition) is 2. The van der Waals surface area contributed by atoms with E-state index in [1.807, 2.05) is 24.3 Å². The number of carbonyl (C=O) groups excluding carboxylic acids is 2. The minimum atomic E-state index is -0.625. The molecule has 6 nitrogen and oxygen atoms in total. The van der Waals surface area contributed by atoms with Crippen LogP contribution in [0, 0.1) is 0 Å². The van der Waals surface area contributed by atoms with Crippen LogP contribution in [0.15, 0.2) is 84.9 Å². The highest BCUT2D eigenvalue weighted by molar-refractivity contribution is 6.32. The molecule has 0 amide bonds. The SMILES string of the molecule is O=C(Oc1cccc2cc3c(OC(=O)c4ccc(O)c(Cl)c4)cccc3cc12)c1ccc(O)c(Cl)c1. The van der Waals surface area contributed by atoms with Crippen molar-refractivity contribution >= 4 is 56.7 Å². The lowest BCUT2D eigenvalue weighted by molar-refractivity contribution is 0.0727. The number of ether oxygens (including phenoxy) is 2. The van der Waals surface area contributed by atoms with E-state index in [4.69, 9.17) is 32.7 Å². The summed E-state index contributed by atoms with van der Waals surface area (Å²) in [4.78, 5) is 25.4. The average Bonchev–Trinajstić information content (AvgIpc) is 2.86. The maximum atomic E-state index is 12.7. The summed E-state index contributed by atoms with van der Waals surface area (Å²) in [7, 11) is 0. The molecule has 2 N–H and O–H groups in total. The zero-order valence-electron chi connectivity index (χ0n) is 18.4. The van der Waals surface area contributed by atoms with Crippen LogP contribution < -0.4 is 9.47 Å². The summed E-state index contributed by atoms with van der Waals surface area (Å²) in [5.74, 6) is -0.835. The van der Waals surface area contributed by atoms with E-state index in [0.29, 0.717) is 22.3 Å². The Morgan fingerprint density at radius 1 is 0.583 bits per heavy atom. The summed E-state index contributed by atoms with van der Waals surface area (Å²) in [5, 5.41) is 22.1. The molecule has 0 fully saturated rings. The van der Waals surface area contributed by atoms with E-state index in [1.165, 1.54) is 36.4 Å². The number of rotatable bonds is 4. The van der Waals surface area contributed by atoms with Gasteiger partial charge in [0, 0.05) is 10.8 Å². The van der Waals surface area contributed by atoms with Crippen LogP contribution >= 0.6 is 23.2 Å². The van der Waals surface area contributed by atoms with Gasteiger partial charge in [-0.3, -0.25) is 0 Å². The highest BCUT2D eigenvalue weighted by Gasteiger charge is 2.16. The van der Waals surface area contributed by atoms with Crippen molar-refractivity contribution in [3.05, 3.63) is 106 Å². The topological polar surface area (TPSA) is 93.1 Å². The Kier molecular flexibility index (Phi) is 6.14. The summed E-state index contributed by atoms with van der Waals surface area (Å²) in [6, 6.07) is 22.4. The van der Waals surface area contributed by atoms with Crippen LogP contribution in [-0.2, 0) is 0 Å². The lowest BCUT2D eigenvalue weighted by Crippen LogP contribution is -2.09. The minimum Gasteiger partial charge on any atom is -0.506 e. The van der Waals surface area contributed by atoms with E-state index >= 15 is 0 Å². The van der Waals surface area contributed by atoms with Crippen molar-refractivity contribution < 1.29 is 29.3 Å². The molecule has 5 aromatic carbocycles. The molecule has 0 saturated carbocycles. The second kappa shape index (κ2) is 9.41. The number of benzene rings is 5. The second-order valence-corrected chi connectivity index (χ2v) is 8.73. The van der Waals surface area contributed by atoms with Gasteiger partial charge in [-0.15, -0.1) is 0 Å². The first-order chi connectivity index (χ1) is 17.3. The van der Waals surface area contributed by atoms with E-state index in [0.717, 1.165) is 10.8 Å². The molecule has 0 aromatic heterocycles. The molecule has 0 aliphatic rings. The number of hydrogen-bond acceptors (Lipinski definition) is 6. The van der Waals surface area contributed by atoms with Crippen LogP contribution in [-0.4, -0.2) is 22.2 Å². The van der Waals surface area contributed by atoms with Gasteiger partial charge in [0.1, 0.15) is 23.0 Å². The van der Waals surface area contributed by atoms with Crippen molar-refractivity contribution in [2.45, 2.75) is 0 Å². The Balaban J connectivity index is 1.49. The fraction of sp³-hybridized carbons (Fsp3) is 0. The number of fused-ring (bicyclic) bond motifs is 2. The first-order valence-corrected chi connectivity index (χ1v) is 11.4. The van der Waals surface area contributed by atoms with E-state index in [9.17, 15) is 19.8 Å². The van der Waals surface area contributed by atoms with Crippen molar-refractivity contribution in [1.82, 2.24) is 0 Å². The van der Waals surface area contributed by atoms with Crippen molar-refractivity contribution in [2.24, 2.45) is 0 Å². The Hall–Kier alpha value is -4.26. The van der Waals surface area contributed by atoms with E-state index < -0.39 is 11.9 Å². The summed E-state index contributed by atoms with van der Waals surface area (Å²) in [6.45, 7) is 0. The lowest BCUT2D eigenvalue weighted by atomic mass is 10.0. The standard InChI is InChI=1S/C28H16Cl2O6/c29-21-13-17(7-9-23(21)31)27(33)35-25-5-1-3-15-11-20-16(12-19(15)25)4-2-6-26(20)36-28(34)18-8-10-24(32)22(30)14-18/h1-14,31-32H. The molecule has 0 spiro atoms. The van der Waals surface area contributed by atoms with Crippen LogP contribution in [0.2, 0.25) is 10.0 Å². The Bertz CT molecular complexity index is 1550. The Morgan fingerprint density at radius 2 is 1.00 bits per heavy atom. The van der Waals surface area contributed by atoms with E-state index in [1.54, 1.807) is 24.3 Å². The van der Waals surface area contributed by atoms with Gasteiger partial charge in [-0.05, 0) is 71.4 Å². The molecule has 0 atom stereocenters. The van der Waals surface area contributed by atoms with Crippen molar-refractivity contribution in [3.63, 3.8) is 0 Å². The van der Waals surface area contributed by atoms with Crippen molar-refractivity contribution in [1.29, 1.82) is 0 Å². The molecule has 0 aliphatic carbocycles. The maximum Gasteiger partial charge on any atom is 0.343 e. The van der Waals surface area contributed by atoms with Gasteiger partial charge >= 0.3 is 11.9 Å². The molecule has 0 aliphatic heterocycles. The third kappa shape index (κ3) is 4.52. The highest BCUT2D eigenvalue weighted by Crippen LogP contribution is 2.35. The van der Waals surface area contributed by atoms with Gasteiger partial charge < -0.3 is 19.7 Å². The molecule has 5 aromatic rings. The number of esters is 2. The van der Waals surface area contributed by atoms with Crippen LogP contribution in [0.4, 0.5) is 0 Å². The fourth-order valence-electron chi connectivity index (χ4n) is 3.76. The third-order valence-electron chi connectivity index (χ3n) is 5.57. The van der Waals surface area contributed by atoms with E-state index in [-0.39, 0.29) is 32.7 Å². The third-order valence-corrected chi connectivity index (χ3v) is 6.18. The molecule has 5 rings (SSSR count). The van der Waals surface area contributed by atoms with E-state index in [2.05, 4.69) is 0 Å². The summed E-state index contributed by atoms with van der Waals surface area (Å²) in [6.07, 6.45) is 0. The molecule has 0 saturated heterocycles. The van der Waals surface area contributed by atoms with Gasteiger partial charge in [0.15, 0.2) is 0 Å². The molecular weight excluding hydrogens is 503 g/mol. The molecule has 0 bridgehead atoms. The number of aromatic hydroxyl groups is 2. The first kappa shape index (κ1) is 23.5. The number of halogens is 2. The molecule has 0 heterocycles. The maximum absolute atomic E-state index is 12.7. The quantitative estimate of drug-likeness (QED) is 0.149. The Labute approximate surface area is 214 Å². The van der Waals surface area contributed by atoms with Crippen LogP contribution in [0.3, 0.4) is 0 Å². The van der Waals surface area contributed by atoms with Gasteiger partial charge in [-0.2, -0.15) is 0 Å². The zero-order valence-corrected chi connectivity index (χ0v) is 19.9. The minimum absolute atomic E-state index is 0.0463. The monoisotopic (exact) mass is 518 g/mol. The average molecular weight is 519 g/mol. The van der Waals surface area contributed by atoms with Gasteiger partial charge in [-0.25, -0.2) is 9.59 Å². The summed E-state index contributed by atoms with van der Waals surface area (Å²) in [5.41, 5.74) is 0.387. The highest BCUT2D eigenvalue weighted by atomic mass is 35.5. The van der Waals surface area contributed by atoms with Gasteiger partial charge in [0.2, 0.25) is 0 Å². The molecule has 36 heavy (non-hydrogen) atoms. The Morgan fingerprint density at radius 3 is 1.39 bits per heavy atom. The van der Waals surface area contributed by atoms with Gasteiger partial charge in [-0.1, -0.05) is 47.5 Å². The normalized spacial score (nSPS) is 10.9. The molecule has 8 heteroatoms. The molecule has 0 unspecified atom stereocenters. The largest absolute Gasteiger partial charge is 0.506 e. The zero-order chi connectivity index (χ0) is 25.4. The summed E-state index contributed by atoms with van der Waals surface area (Å²) >= 11 is 11.8. The molecular formula is C28H16Cl2O6. The van der Waals surface area contributed by atoms with Crippen molar-refractivity contribution in [3.8, 4) is 23.0 Å². The fourth-order valence-corrected chi connectivity index (χ4v) is 4.12.